The highest BCUT2D eigenvalue weighted by Crippen LogP contribution is 2.31. The third-order valence-corrected chi connectivity index (χ3v) is 5.23. The summed E-state index contributed by atoms with van der Waals surface area (Å²) in [5.74, 6) is 0.827. The number of anilines is 1. The van der Waals surface area contributed by atoms with E-state index >= 15 is 0 Å². The number of aromatic nitrogens is 3. The number of nitrogens with zero attached hydrogens (tertiary/aromatic N) is 3. The minimum Gasteiger partial charge on any atom is -0.476 e. The number of aryl methyl sites for hydroxylation is 1. The zero-order chi connectivity index (χ0) is 20.4. The maximum absolute atomic E-state index is 12.3. The monoisotopic (exact) mass is 394 g/mol. The predicted molar refractivity (Wildman–Crippen MR) is 111 cm³/mol. The number of nitrogens with one attached hydrogen (secondary N) is 1. The summed E-state index contributed by atoms with van der Waals surface area (Å²) in [6.07, 6.45) is 3.57. The average molecular weight is 394 g/mol. The molecule has 7 heteroatoms. The molecule has 1 N–H and O–H groups in total. The number of hydrogen-bond donors (Lipinski definition) is 1. The first-order valence-electron chi connectivity index (χ1n) is 9.87. The summed E-state index contributed by atoms with van der Waals surface area (Å²) in [6.45, 7) is 5.63. The molecular formula is C22H26N4O3. The molecule has 3 heterocycles. The van der Waals surface area contributed by atoms with Crippen molar-refractivity contribution in [3.05, 3.63) is 48.3 Å². The average Bonchev–Trinajstić information content (AvgIpc) is 3.01. The Labute approximate surface area is 170 Å². The number of carbonyl (C=O) groups is 1. The number of carbonyl (C=O) groups excluding carboxylic acids is 1. The highest BCUT2D eigenvalue weighted by atomic mass is 16.5. The third kappa shape index (κ3) is 4.40. The van der Waals surface area contributed by atoms with Gasteiger partial charge in [-0.2, -0.15) is 0 Å². The molecule has 1 saturated heterocycles. The molecular weight excluding hydrogens is 368 g/mol. The van der Waals surface area contributed by atoms with Crippen LogP contribution in [-0.2, 0) is 11.8 Å². The van der Waals surface area contributed by atoms with Gasteiger partial charge in [-0.25, -0.2) is 0 Å². The number of rotatable bonds is 5. The molecule has 1 aliphatic heterocycles. The number of ether oxygens (including phenoxy) is 2. The molecule has 3 aromatic rings. The van der Waals surface area contributed by atoms with Crippen LogP contribution < -0.4 is 10.1 Å². The molecule has 1 unspecified atom stereocenters. The number of pyridine rings is 1. The van der Waals surface area contributed by atoms with Crippen LogP contribution in [0.15, 0.2) is 42.6 Å². The molecule has 0 saturated carbocycles. The van der Waals surface area contributed by atoms with Gasteiger partial charge in [-0.05, 0) is 62.9 Å². The Morgan fingerprint density at radius 3 is 2.97 bits per heavy atom. The summed E-state index contributed by atoms with van der Waals surface area (Å²) in [5.41, 5.74) is 1.86. The normalized spacial score (nSPS) is 18.5. The zero-order valence-corrected chi connectivity index (χ0v) is 17.0. The number of benzene rings is 1. The van der Waals surface area contributed by atoms with Gasteiger partial charge in [0.25, 0.3) is 5.91 Å². The number of amides is 1. The van der Waals surface area contributed by atoms with Crippen LogP contribution in [0.3, 0.4) is 0 Å². The van der Waals surface area contributed by atoms with Crippen LogP contribution in [-0.4, -0.2) is 39.5 Å². The molecule has 0 spiro atoms. The minimum absolute atomic E-state index is 0.0980. The van der Waals surface area contributed by atoms with Gasteiger partial charge in [-0.3, -0.25) is 14.5 Å². The van der Waals surface area contributed by atoms with E-state index in [1.807, 2.05) is 25.2 Å². The Bertz CT molecular complexity index is 1010. The van der Waals surface area contributed by atoms with E-state index in [1.54, 1.807) is 29.1 Å². The van der Waals surface area contributed by atoms with Gasteiger partial charge in [-0.1, -0.05) is 6.07 Å². The van der Waals surface area contributed by atoms with Gasteiger partial charge < -0.3 is 14.8 Å². The van der Waals surface area contributed by atoms with Crippen LogP contribution in [0.5, 0.6) is 5.88 Å². The standard InChI is InChI=1S/C22H26N4O3/c1-22(2)13-15(9-11-29-22)14-28-21-17-8-7-16(12-19(17)26(3)25-21)24-20(27)18-6-4-5-10-23-18/h4-8,10,12,15H,9,11,13-14H2,1-3H3,(H,24,27). The fraction of sp³-hybridized carbons (Fsp3) is 0.409. The Morgan fingerprint density at radius 1 is 1.34 bits per heavy atom. The van der Waals surface area contributed by atoms with E-state index < -0.39 is 0 Å². The fourth-order valence-electron chi connectivity index (χ4n) is 3.80. The Balaban J connectivity index is 1.47. The van der Waals surface area contributed by atoms with Crippen LogP contribution in [0.1, 0.15) is 37.2 Å². The predicted octanol–water partition coefficient (Wildman–Crippen LogP) is 3.80. The van der Waals surface area contributed by atoms with Gasteiger partial charge in [-0.15, -0.1) is 5.10 Å². The second kappa shape index (κ2) is 7.83. The van der Waals surface area contributed by atoms with Crippen LogP contribution >= 0.6 is 0 Å². The quantitative estimate of drug-likeness (QED) is 0.712. The lowest BCUT2D eigenvalue weighted by Crippen LogP contribution is -2.36. The fourth-order valence-corrected chi connectivity index (χ4v) is 3.80. The summed E-state index contributed by atoms with van der Waals surface area (Å²) in [5, 5.41) is 8.33. The van der Waals surface area contributed by atoms with Gasteiger partial charge in [0.05, 0.1) is 23.1 Å². The summed E-state index contributed by atoms with van der Waals surface area (Å²) >= 11 is 0. The molecule has 0 bridgehead atoms. The first-order valence-corrected chi connectivity index (χ1v) is 9.87. The van der Waals surface area contributed by atoms with E-state index in [-0.39, 0.29) is 11.5 Å². The Hall–Kier alpha value is -2.93. The lowest BCUT2D eigenvalue weighted by atomic mass is 9.89. The largest absolute Gasteiger partial charge is 0.476 e. The van der Waals surface area contributed by atoms with Crippen molar-refractivity contribution in [1.29, 1.82) is 0 Å². The number of fused-ring (bicyclic) bond motifs is 1. The molecule has 0 radical (unpaired) electrons. The molecule has 1 atom stereocenters. The van der Waals surface area contributed by atoms with Crippen molar-refractivity contribution in [3.63, 3.8) is 0 Å². The molecule has 2 aromatic heterocycles. The smallest absolute Gasteiger partial charge is 0.274 e. The van der Waals surface area contributed by atoms with Crippen molar-refractivity contribution in [2.75, 3.05) is 18.5 Å². The molecule has 1 amide bonds. The number of hydrogen-bond acceptors (Lipinski definition) is 5. The Morgan fingerprint density at radius 2 is 2.21 bits per heavy atom. The van der Waals surface area contributed by atoms with E-state index in [4.69, 9.17) is 9.47 Å². The molecule has 29 heavy (non-hydrogen) atoms. The van der Waals surface area contributed by atoms with E-state index in [0.29, 0.717) is 29.8 Å². The van der Waals surface area contributed by atoms with Gasteiger partial charge in [0.15, 0.2) is 0 Å². The highest BCUT2D eigenvalue weighted by Gasteiger charge is 2.29. The second-order valence-electron chi connectivity index (χ2n) is 8.11. The lowest BCUT2D eigenvalue weighted by molar-refractivity contribution is -0.0786. The first-order chi connectivity index (χ1) is 13.9. The van der Waals surface area contributed by atoms with E-state index in [2.05, 4.69) is 29.2 Å². The minimum atomic E-state index is -0.245. The van der Waals surface area contributed by atoms with Crippen LogP contribution in [0.25, 0.3) is 10.9 Å². The topological polar surface area (TPSA) is 78.3 Å². The lowest BCUT2D eigenvalue weighted by Gasteiger charge is -2.35. The van der Waals surface area contributed by atoms with Gasteiger partial charge in [0, 0.05) is 25.5 Å². The van der Waals surface area contributed by atoms with Gasteiger partial charge >= 0.3 is 0 Å². The summed E-state index contributed by atoms with van der Waals surface area (Å²) in [4.78, 5) is 16.4. The molecule has 152 valence electrons. The van der Waals surface area contributed by atoms with Gasteiger partial charge in [0.1, 0.15) is 5.69 Å². The van der Waals surface area contributed by atoms with Crippen LogP contribution in [0, 0.1) is 5.92 Å². The van der Waals surface area contributed by atoms with Crippen molar-refractivity contribution in [3.8, 4) is 5.88 Å². The molecule has 7 nitrogen and oxygen atoms in total. The second-order valence-corrected chi connectivity index (χ2v) is 8.11. The van der Waals surface area contributed by atoms with E-state index in [0.717, 1.165) is 30.4 Å². The molecule has 1 fully saturated rings. The van der Waals surface area contributed by atoms with E-state index in [9.17, 15) is 4.79 Å². The van der Waals surface area contributed by atoms with E-state index in [1.165, 1.54) is 0 Å². The summed E-state index contributed by atoms with van der Waals surface area (Å²) in [7, 11) is 1.87. The van der Waals surface area contributed by atoms with Crippen LogP contribution in [0.4, 0.5) is 5.69 Å². The third-order valence-electron chi connectivity index (χ3n) is 5.23. The summed E-state index contributed by atoms with van der Waals surface area (Å²) in [6, 6.07) is 10.9. The van der Waals surface area contributed by atoms with Gasteiger partial charge in [0.2, 0.25) is 5.88 Å². The van der Waals surface area contributed by atoms with Crippen molar-refractivity contribution >= 4 is 22.5 Å². The molecule has 4 rings (SSSR count). The maximum atomic E-state index is 12.3. The summed E-state index contributed by atoms with van der Waals surface area (Å²) < 4.78 is 13.6. The first kappa shape index (κ1) is 19.4. The molecule has 1 aromatic carbocycles. The SMILES string of the molecule is Cn1nc(OCC2CCOC(C)(C)C2)c2ccc(NC(=O)c3ccccn3)cc21. The van der Waals surface area contributed by atoms with Crippen molar-refractivity contribution < 1.29 is 14.3 Å². The van der Waals surface area contributed by atoms with Crippen molar-refractivity contribution in [1.82, 2.24) is 14.8 Å². The highest BCUT2D eigenvalue weighted by molar-refractivity contribution is 6.03. The van der Waals surface area contributed by atoms with Crippen LogP contribution in [0.2, 0.25) is 0 Å². The molecule has 0 aliphatic carbocycles. The van der Waals surface area contributed by atoms with Crippen molar-refractivity contribution in [2.24, 2.45) is 13.0 Å². The maximum Gasteiger partial charge on any atom is 0.274 e. The molecule has 1 aliphatic rings. The Kier molecular flexibility index (Phi) is 5.24. The zero-order valence-electron chi connectivity index (χ0n) is 17.0. The van der Waals surface area contributed by atoms with Crippen molar-refractivity contribution in [2.45, 2.75) is 32.3 Å².